The molecule has 0 saturated carbocycles. The predicted molar refractivity (Wildman–Crippen MR) is 109 cm³/mol. The van der Waals surface area contributed by atoms with Crippen LogP contribution in [0.25, 0.3) is 0 Å². The normalized spacial score (nSPS) is 9.87. The van der Waals surface area contributed by atoms with E-state index in [1.807, 2.05) is 0 Å². The Balaban J connectivity index is 4.92. The fraction of sp³-hybridized carbons (Fsp3) is 0.600. The zero-order valence-electron chi connectivity index (χ0n) is 18.2. The molecule has 170 valence electrons. The van der Waals surface area contributed by atoms with Gasteiger partial charge in [-0.1, -0.05) is 13.2 Å². The van der Waals surface area contributed by atoms with Crippen molar-refractivity contribution in [2.75, 3.05) is 52.6 Å². The van der Waals surface area contributed by atoms with E-state index in [1.165, 1.54) is 23.6 Å². The predicted octanol–water partition coefficient (Wildman–Crippen LogP) is 2.14. The molecular weight excluding hydrogens is 396 g/mol. The number of amides is 2. The quantitative estimate of drug-likeness (QED) is 0.249. The highest BCUT2D eigenvalue weighted by molar-refractivity contribution is 5.87. The lowest BCUT2D eigenvalue weighted by Gasteiger charge is -2.26. The van der Waals surface area contributed by atoms with Gasteiger partial charge in [0.25, 0.3) is 0 Å². The first-order valence-corrected chi connectivity index (χ1v) is 9.62. The Bertz CT molecular complexity index is 578. The van der Waals surface area contributed by atoms with Gasteiger partial charge in [0.15, 0.2) is 0 Å². The van der Waals surface area contributed by atoms with Gasteiger partial charge in [0.05, 0.1) is 26.3 Å². The third-order valence-corrected chi connectivity index (χ3v) is 3.58. The number of hydrogen-bond donors (Lipinski definition) is 0. The van der Waals surface area contributed by atoms with Crippen LogP contribution in [0.1, 0.15) is 27.7 Å². The Morgan fingerprint density at radius 1 is 0.633 bits per heavy atom. The van der Waals surface area contributed by atoms with Crippen LogP contribution < -0.4 is 0 Å². The number of carbonyl (C=O) groups excluding carboxylic acids is 4. The Morgan fingerprint density at radius 3 is 1.23 bits per heavy atom. The maximum absolute atomic E-state index is 12.2. The van der Waals surface area contributed by atoms with E-state index >= 15 is 0 Å². The molecule has 0 aromatic rings. The molecule has 0 spiro atoms. The van der Waals surface area contributed by atoms with Gasteiger partial charge in [-0.15, -0.1) is 0 Å². The molecule has 10 heteroatoms. The average Bonchev–Trinajstić information content (AvgIpc) is 2.68. The lowest BCUT2D eigenvalue weighted by atomic mass is 10.4. The van der Waals surface area contributed by atoms with Crippen molar-refractivity contribution >= 4 is 24.1 Å². The minimum Gasteiger partial charge on any atom is -0.460 e. The number of rotatable bonds is 13. The number of hydrogen-bond acceptors (Lipinski definition) is 8. The van der Waals surface area contributed by atoms with E-state index in [9.17, 15) is 19.2 Å². The number of carbonyl (C=O) groups is 4. The Labute approximate surface area is 177 Å². The van der Waals surface area contributed by atoms with Crippen LogP contribution in [0.3, 0.4) is 0 Å². The maximum Gasteiger partial charge on any atom is 0.409 e. The summed E-state index contributed by atoms with van der Waals surface area (Å²) in [6, 6.07) is 0. The van der Waals surface area contributed by atoms with Gasteiger partial charge < -0.3 is 28.7 Å². The van der Waals surface area contributed by atoms with Crippen LogP contribution in [0.5, 0.6) is 0 Å². The minimum absolute atomic E-state index is 0.0554. The van der Waals surface area contributed by atoms with Gasteiger partial charge in [0.1, 0.15) is 13.2 Å². The zero-order valence-corrected chi connectivity index (χ0v) is 18.2. The molecule has 0 aliphatic carbocycles. The van der Waals surface area contributed by atoms with Gasteiger partial charge in [-0.2, -0.15) is 0 Å². The first kappa shape index (κ1) is 27.0. The lowest BCUT2D eigenvalue weighted by Crippen LogP contribution is -2.44. The van der Waals surface area contributed by atoms with Gasteiger partial charge >= 0.3 is 24.1 Å². The Morgan fingerprint density at radius 2 is 0.967 bits per heavy atom. The summed E-state index contributed by atoms with van der Waals surface area (Å²) in [7, 11) is 0. The Hall–Kier alpha value is -3.04. The molecule has 0 atom stereocenters. The molecule has 0 aromatic heterocycles. The van der Waals surface area contributed by atoms with Gasteiger partial charge in [0, 0.05) is 24.2 Å². The summed E-state index contributed by atoms with van der Waals surface area (Å²) >= 11 is 0. The van der Waals surface area contributed by atoms with Crippen molar-refractivity contribution in [3.63, 3.8) is 0 Å². The summed E-state index contributed by atoms with van der Waals surface area (Å²) in [5.74, 6) is -1.13. The van der Waals surface area contributed by atoms with Gasteiger partial charge in [0.2, 0.25) is 0 Å². The van der Waals surface area contributed by atoms with Crippen LogP contribution >= 0.6 is 0 Å². The molecule has 0 rings (SSSR count). The van der Waals surface area contributed by atoms with Crippen molar-refractivity contribution in [2.24, 2.45) is 0 Å². The molecule has 2 amide bonds. The van der Waals surface area contributed by atoms with Crippen molar-refractivity contribution in [3.8, 4) is 0 Å². The highest BCUT2D eigenvalue weighted by Gasteiger charge is 2.20. The van der Waals surface area contributed by atoms with Crippen molar-refractivity contribution in [3.05, 3.63) is 24.3 Å². The third-order valence-electron chi connectivity index (χ3n) is 3.58. The lowest BCUT2D eigenvalue weighted by molar-refractivity contribution is -0.140. The molecule has 10 nitrogen and oxygen atoms in total. The topological polar surface area (TPSA) is 112 Å². The first-order chi connectivity index (χ1) is 14.1. The molecule has 0 aromatic carbocycles. The molecule has 0 aliphatic heterocycles. The van der Waals surface area contributed by atoms with Crippen LogP contribution in [0.4, 0.5) is 9.59 Å². The first-order valence-electron chi connectivity index (χ1n) is 9.62. The smallest absolute Gasteiger partial charge is 0.409 e. The SMILES string of the molecule is C=C(C)C(=O)OCCN(CCN(CCOC(=O)C(=C)C)C(=O)OCC)C(=O)OCC. The van der Waals surface area contributed by atoms with Crippen molar-refractivity contribution in [1.82, 2.24) is 9.80 Å². The molecule has 0 bridgehead atoms. The average molecular weight is 428 g/mol. The molecular formula is C20H32N2O8. The minimum atomic E-state index is -0.610. The summed E-state index contributed by atoms with van der Waals surface area (Å²) in [5.41, 5.74) is 0.492. The summed E-state index contributed by atoms with van der Waals surface area (Å²) in [4.78, 5) is 49.9. The second-order valence-corrected chi connectivity index (χ2v) is 6.20. The highest BCUT2D eigenvalue weighted by atomic mass is 16.6. The maximum atomic E-state index is 12.2. The molecule has 0 saturated heterocycles. The van der Waals surface area contributed by atoms with E-state index < -0.39 is 24.1 Å². The second-order valence-electron chi connectivity index (χ2n) is 6.20. The molecule has 0 heterocycles. The summed E-state index contributed by atoms with van der Waals surface area (Å²) in [6.45, 7) is 13.9. The van der Waals surface area contributed by atoms with E-state index in [0.717, 1.165) is 0 Å². The molecule has 0 N–H and O–H groups in total. The summed E-state index contributed by atoms with van der Waals surface area (Å²) in [5, 5.41) is 0. The summed E-state index contributed by atoms with van der Waals surface area (Å²) < 4.78 is 20.0. The van der Waals surface area contributed by atoms with E-state index in [4.69, 9.17) is 18.9 Å². The van der Waals surface area contributed by atoms with Gasteiger partial charge in [-0.3, -0.25) is 0 Å². The van der Waals surface area contributed by atoms with E-state index in [-0.39, 0.29) is 63.8 Å². The fourth-order valence-electron chi connectivity index (χ4n) is 2.00. The molecule has 0 radical (unpaired) electrons. The molecule has 0 aliphatic rings. The standard InChI is InChI=1S/C20H32N2O8/c1-7-27-19(25)21(11-13-29-17(23)15(3)4)9-10-22(20(26)28-8-2)12-14-30-18(24)16(5)6/h3,5,7-14H2,1-2,4,6H3. The second kappa shape index (κ2) is 14.9. The molecule has 30 heavy (non-hydrogen) atoms. The van der Waals surface area contributed by atoms with Crippen LogP contribution in [0.2, 0.25) is 0 Å². The van der Waals surface area contributed by atoms with Crippen LogP contribution in [0.15, 0.2) is 24.3 Å². The Kier molecular flexibility index (Phi) is 13.4. The molecule has 0 unspecified atom stereocenters. The monoisotopic (exact) mass is 428 g/mol. The van der Waals surface area contributed by atoms with Crippen LogP contribution in [-0.2, 0) is 28.5 Å². The van der Waals surface area contributed by atoms with Gasteiger partial charge in [-0.25, -0.2) is 19.2 Å². The largest absolute Gasteiger partial charge is 0.460 e. The fourth-order valence-corrected chi connectivity index (χ4v) is 2.00. The zero-order chi connectivity index (χ0) is 23.1. The number of ether oxygens (including phenoxy) is 4. The molecule has 0 fully saturated rings. The highest BCUT2D eigenvalue weighted by Crippen LogP contribution is 2.02. The third kappa shape index (κ3) is 11.1. The summed E-state index contributed by atoms with van der Waals surface area (Å²) in [6.07, 6.45) is -1.22. The van der Waals surface area contributed by atoms with E-state index in [2.05, 4.69) is 13.2 Å². The number of esters is 2. The van der Waals surface area contributed by atoms with Gasteiger partial charge in [-0.05, 0) is 27.7 Å². The van der Waals surface area contributed by atoms with Crippen molar-refractivity contribution in [1.29, 1.82) is 0 Å². The van der Waals surface area contributed by atoms with Crippen LogP contribution in [-0.4, -0.2) is 86.5 Å². The number of nitrogens with zero attached hydrogens (tertiary/aromatic N) is 2. The van der Waals surface area contributed by atoms with E-state index in [1.54, 1.807) is 13.8 Å². The van der Waals surface area contributed by atoms with Crippen molar-refractivity contribution < 1.29 is 38.1 Å². The van der Waals surface area contributed by atoms with Crippen molar-refractivity contribution in [2.45, 2.75) is 27.7 Å². The van der Waals surface area contributed by atoms with Crippen LogP contribution in [0, 0.1) is 0 Å². The van der Waals surface area contributed by atoms with E-state index in [0.29, 0.717) is 0 Å².